The predicted octanol–water partition coefficient (Wildman–Crippen LogP) is 4.01. The first-order chi connectivity index (χ1) is 14.7. The van der Waals surface area contributed by atoms with Gasteiger partial charge in [-0.3, -0.25) is 4.98 Å². The molecule has 0 aromatic carbocycles. The molecule has 0 bridgehead atoms. The largest absolute Gasteiger partial charge is 0.446 e. The zero-order valence-electron chi connectivity index (χ0n) is 18.8. The number of alkyl carbamates (subject to hydrolysis) is 1. The second-order valence-electron chi connectivity index (χ2n) is 9.23. The van der Waals surface area contributed by atoms with E-state index >= 15 is 0 Å². The van der Waals surface area contributed by atoms with E-state index in [-0.39, 0.29) is 36.1 Å². The first kappa shape index (κ1) is 22.5. The molecule has 1 fully saturated rings. The van der Waals surface area contributed by atoms with Crippen molar-refractivity contribution in [1.29, 1.82) is 5.26 Å². The fourth-order valence-corrected chi connectivity index (χ4v) is 3.70. The summed E-state index contributed by atoms with van der Waals surface area (Å²) >= 11 is 0. The monoisotopic (exact) mass is 425 g/mol. The Morgan fingerprint density at radius 2 is 2.13 bits per heavy atom. The fraction of sp³-hybridized carbons (Fsp3) is 0.591. The lowest BCUT2D eigenvalue weighted by Crippen LogP contribution is -2.33. The second kappa shape index (κ2) is 9.33. The molecule has 2 aromatic rings. The van der Waals surface area contributed by atoms with Gasteiger partial charge in [-0.25, -0.2) is 14.5 Å². The van der Waals surface area contributed by atoms with Gasteiger partial charge in [-0.1, -0.05) is 0 Å². The number of nitrogens with one attached hydrogen (secondary N) is 2. The molecule has 0 spiro atoms. The maximum atomic E-state index is 11.9. The van der Waals surface area contributed by atoms with Crippen molar-refractivity contribution in [1.82, 2.24) is 25.1 Å². The molecule has 0 radical (unpaired) electrons. The van der Waals surface area contributed by atoms with Gasteiger partial charge in [0.2, 0.25) is 0 Å². The van der Waals surface area contributed by atoms with E-state index in [2.05, 4.69) is 47.4 Å². The van der Waals surface area contributed by atoms with Crippen LogP contribution in [0.15, 0.2) is 18.5 Å². The molecular formula is C22H31N7O2. The number of nitriles is 1. The Kier molecular flexibility index (Phi) is 6.78. The number of nitrogens with zero attached hydrogens (tertiary/aromatic N) is 5. The summed E-state index contributed by atoms with van der Waals surface area (Å²) in [5.41, 5.74) is 1.34. The van der Waals surface area contributed by atoms with Crippen LogP contribution in [-0.4, -0.2) is 38.0 Å². The van der Waals surface area contributed by atoms with Crippen molar-refractivity contribution in [3.63, 3.8) is 0 Å². The fourth-order valence-electron chi connectivity index (χ4n) is 3.70. The van der Waals surface area contributed by atoms with E-state index in [4.69, 9.17) is 15.1 Å². The van der Waals surface area contributed by atoms with Crippen molar-refractivity contribution in [3.05, 3.63) is 29.8 Å². The topological polar surface area (TPSA) is 118 Å². The SMILES string of the molecule is CC(C)NC(=O)O[C@@H]1CC[C@H](c2cc(Nc3cncc(CC#N)n3)n(C(C)(C)C)n2)C1. The summed E-state index contributed by atoms with van der Waals surface area (Å²) in [5, 5.41) is 19.9. The van der Waals surface area contributed by atoms with E-state index in [0.717, 1.165) is 30.8 Å². The van der Waals surface area contributed by atoms with Gasteiger partial charge in [0.05, 0.1) is 35.6 Å². The highest BCUT2D eigenvalue weighted by molar-refractivity contribution is 5.67. The van der Waals surface area contributed by atoms with Crippen LogP contribution in [0.4, 0.5) is 16.4 Å². The molecule has 2 atom stereocenters. The molecule has 0 aliphatic heterocycles. The van der Waals surface area contributed by atoms with E-state index in [9.17, 15) is 4.79 Å². The molecule has 9 heteroatoms. The van der Waals surface area contributed by atoms with Crippen molar-refractivity contribution >= 4 is 17.7 Å². The molecule has 0 unspecified atom stereocenters. The van der Waals surface area contributed by atoms with Crippen LogP contribution in [0.25, 0.3) is 0 Å². The summed E-state index contributed by atoms with van der Waals surface area (Å²) < 4.78 is 7.51. The van der Waals surface area contributed by atoms with Crippen LogP contribution in [0.5, 0.6) is 0 Å². The third-order valence-electron chi connectivity index (χ3n) is 5.05. The van der Waals surface area contributed by atoms with Gasteiger partial charge in [0.15, 0.2) is 0 Å². The summed E-state index contributed by atoms with van der Waals surface area (Å²) in [6.07, 6.45) is 5.46. The van der Waals surface area contributed by atoms with Crippen LogP contribution in [-0.2, 0) is 16.7 Å². The predicted molar refractivity (Wildman–Crippen MR) is 117 cm³/mol. The van der Waals surface area contributed by atoms with Gasteiger partial charge in [-0.15, -0.1) is 0 Å². The van der Waals surface area contributed by atoms with Crippen molar-refractivity contribution in [2.75, 3.05) is 5.32 Å². The summed E-state index contributed by atoms with van der Waals surface area (Å²) in [7, 11) is 0. The van der Waals surface area contributed by atoms with Crippen molar-refractivity contribution < 1.29 is 9.53 Å². The summed E-state index contributed by atoms with van der Waals surface area (Å²) in [5.74, 6) is 1.60. The maximum absolute atomic E-state index is 11.9. The molecule has 2 heterocycles. The molecule has 2 aromatic heterocycles. The molecule has 2 N–H and O–H groups in total. The lowest BCUT2D eigenvalue weighted by atomic mass is 10.0. The summed E-state index contributed by atoms with van der Waals surface area (Å²) in [6, 6.07) is 4.18. The average Bonchev–Trinajstić information content (AvgIpc) is 3.28. The summed E-state index contributed by atoms with van der Waals surface area (Å²) in [6.45, 7) is 10.1. The number of aromatic nitrogens is 4. The van der Waals surface area contributed by atoms with Crippen LogP contribution in [0.1, 0.15) is 71.2 Å². The van der Waals surface area contributed by atoms with E-state index < -0.39 is 0 Å². The lowest BCUT2D eigenvalue weighted by Gasteiger charge is -2.22. The highest BCUT2D eigenvalue weighted by atomic mass is 16.6. The average molecular weight is 426 g/mol. The van der Waals surface area contributed by atoms with Crippen LogP contribution in [0.3, 0.4) is 0 Å². The third-order valence-corrected chi connectivity index (χ3v) is 5.05. The zero-order valence-corrected chi connectivity index (χ0v) is 18.8. The molecular weight excluding hydrogens is 394 g/mol. The normalized spacial score (nSPS) is 18.6. The number of ether oxygens (including phenoxy) is 1. The minimum Gasteiger partial charge on any atom is -0.446 e. The maximum Gasteiger partial charge on any atom is 0.407 e. The van der Waals surface area contributed by atoms with Gasteiger partial charge in [-0.05, 0) is 53.9 Å². The Bertz CT molecular complexity index is 955. The number of hydrogen-bond donors (Lipinski definition) is 2. The summed E-state index contributed by atoms with van der Waals surface area (Å²) in [4.78, 5) is 20.6. The quantitative estimate of drug-likeness (QED) is 0.718. The standard InChI is InChI=1S/C22H31N7O2/c1-14(2)25-21(30)31-17-7-6-15(10-17)18-11-20(29(28-18)22(3,4)5)27-19-13-24-12-16(26-19)8-9-23/h11-15,17H,6-8,10H2,1-5H3,(H,25,30)(H,26,27)/t15-,17+/m0/s1. The number of amides is 1. The molecule has 9 nitrogen and oxygen atoms in total. The molecule has 1 saturated carbocycles. The van der Waals surface area contributed by atoms with Crippen LogP contribution in [0.2, 0.25) is 0 Å². The Balaban J connectivity index is 1.76. The Hall–Kier alpha value is -3.15. The number of carbonyl (C=O) groups excluding carboxylic acids is 1. The van der Waals surface area contributed by atoms with Crippen LogP contribution < -0.4 is 10.6 Å². The van der Waals surface area contributed by atoms with Gasteiger partial charge in [0, 0.05) is 24.2 Å². The van der Waals surface area contributed by atoms with Crippen molar-refractivity contribution in [2.45, 2.75) is 83.9 Å². The van der Waals surface area contributed by atoms with Crippen molar-refractivity contribution in [3.8, 4) is 6.07 Å². The Morgan fingerprint density at radius 3 is 2.81 bits per heavy atom. The first-order valence-electron chi connectivity index (χ1n) is 10.7. The van der Waals surface area contributed by atoms with Gasteiger partial charge in [0.25, 0.3) is 0 Å². The van der Waals surface area contributed by atoms with Crippen molar-refractivity contribution in [2.24, 2.45) is 0 Å². The molecule has 1 aliphatic carbocycles. The molecule has 1 aliphatic rings. The van der Waals surface area contributed by atoms with Gasteiger partial charge < -0.3 is 15.4 Å². The van der Waals surface area contributed by atoms with E-state index in [0.29, 0.717) is 11.5 Å². The van der Waals surface area contributed by atoms with Gasteiger partial charge >= 0.3 is 6.09 Å². The van der Waals surface area contributed by atoms with Gasteiger partial charge in [-0.2, -0.15) is 10.4 Å². The number of hydrogen-bond acceptors (Lipinski definition) is 7. The molecule has 1 amide bonds. The van der Waals surface area contributed by atoms with Crippen LogP contribution >= 0.6 is 0 Å². The molecule has 31 heavy (non-hydrogen) atoms. The third kappa shape index (κ3) is 5.94. The molecule has 3 rings (SSSR count). The zero-order chi connectivity index (χ0) is 22.6. The van der Waals surface area contributed by atoms with Crippen LogP contribution in [0, 0.1) is 11.3 Å². The number of rotatable bonds is 6. The minimum absolute atomic E-state index is 0.0515. The number of carbonyl (C=O) groups is 1. The minimum atomic E-state index is -0.362. The second-order valence-corrected chi connectivity index (χ2v) is 9.23. The van der Waals surface area contributed by atoms with E-state index in [1.54, 1.807) is 12.4 Å². The highest BCUT2D eigenvalue weighted by Gasteiger charge is 2.32. The Labute approximate surface area is 183 Å². The number of anilines is 2. The molecule has 0 saturated heterocycles. The Morgan fingerprint density at radius 1 is 1.35 bits per heavy atom. The molecule has 166 valence electrons. The van der Waals surface area contributed by atoms with E-state index in [1.807, 2.05) is 24.6 Å². The first-order valence-corrected chi connectivity index (χ1v) is 10.7. The highest BCUT2D eigenvalue weighted by Crippen LogP contribution is 2.37. The smallest absolute Gasteiger partial charge is 0.407 e. The van der Waals surface area contributed by atoms with E-state index in [1.165, 1.54) is 0 Å². The van der Waals surface area contributed by atoms with Gasteiger partial charge in [0.1, 0.15) is 17.7 Å². The lowest BCUT2D eigenvalue weighted by molar-refractivity contribution is 0.0981.